The van der Waals surface area contributed by atoms with Crippen LogP contribution in [-0.2, 0) is 9.53 Å². The van der Waals surface area contributed by atoms with Gasteiger partial charge in [0.15, 0.2) is 0 Å². The lowest BCUT2D eigenvalue weighted by Gasteiger charge is -2.07. The van der Waals surface area contributed by atoms with Crippen LogP contribution in [-0.4, -0.2) is 22.7 Å². The molecular weight excluding hydrogens is 216 g/mol. The van der Waals surface area contributed by atoms with Crippen molar-refractivity contribution in [1.82, 2.24) is 4.98 Å². The number of carboxylic acid groups (broad SMARTS) is 1. The first-order valence-corrected chi connectivity index (χ1v) is 5.49. The normalized spacial score (nSPS) is 14.9. The third kappa shape index (κ3) is 2.98. The fraction of sp³-hybridized carbons (Fsp3) is 0.556. The van der Waals surface area contributed by atoms with Crippen LogP contribution in [0.3, 0.4) is 0 Å². The molecule has 0 saturated heterocycles. The number of thiazole rings is 1. The van der Waals surface area contributed by atoms with Gasteiger partial charge < -0.3 is 15.6 Å². The monoisotopic (exact) mass is 230 g/mol. The molecule has 0 spiro atoms. The van der Waals surface area contributed by atoms with Crippen LogP contribution in [0.2, 0.25) is 0 Å². The molecule has 84 valence electrons. The molecule has 2 unspecified atom stereocenters. The van der Waals surface area contributed by atoms with Gasteiger partial charge in [0.1, 0.15) is 17.2 Å². The molecule has 0 aliphatic heterocycles. The first-order valence-electron chi connectivity index (χ1n) is 4.61. The summed E-state index contributed by atoms with van der Waals surface area (Å²) in [6.45, 7) is 4.37. The first-order chi connectivity index (χ1) is 7.06. The third-order valence-corrected chi connectivity index (χ3v) is 2.91. The van der Waals surface area contributed by atoms with Crippen LogP contribution in [0.5, 0.6) is 0 Å². The highest BCUT2D eigenvalue weighted by atomic mass is 32.1. The van der Waals surface area contributed by atoms with E-state index in [4.69, 9.17) is 15.6 Å². The fourth-order valence-electron chi connectivity index (χ4n) is 1.08. The maximum absolute atomic E-state index is 10.6. The zero-order chi connectivity index (χ0) is 11.4. The van der Waals surface area contributed by atoms with Gasteiger partial charge >= 0.3 is 5.97 Å². The van der Waals surface area contributed by atoms with Crippen LogP contribution in [0.4, 0.5) is 0 Å². The number of carboxylic acids is 1. The summed E-state index contributed by atoms with van der Waals surface area (Å²) in [5.74, 6) is -1.07. The van der Waals surface area contributed by atoms with Gasteiger partial charge in [0.2, 0.25) is 0 Å². The van der Waals surface area contributed by atoms with Crippen LogP contribution < -0.4 is 5.73 Å². The van der Waals surface area contributed by atoms with E-state index >= 15 is 0 Å². The summed E-state index contributed by atoms with van der Waals surface area (Å²) >= 11 is 1.36. The molecule has 0 bridgehead atoms. The Balaban J connectivity index is 2.75. The summed E-state index contributed by atoms with van der Waals surface area (Å²) in [7, 11) is 0. The molecule has 0 aliphatic carbocycles. The molecule has 1 aromatic rings. The van der Waals surface area contributed by atoms with E-state index in [2.05, 4.69) is 4.98 Å². The Morgan fingerprint density at radius 3 is 3.00 bits per heavy atom. The minimum Gasteiger partial charge on any atom is -0.480 e. The molecule has 0 radical (unpaired) electrons. The molecule has 0 saturated carbocycles. The van der Waals surface area contributed by atoms with Gasteiger partial charge in [-0.25, -0.2) is 4.98 Å². The van der Waals surface area contributed by atoms with E-state index in [9.17, 15) is 4.79 Å². The van der Waals surface area contributed by atoms with Gasteiger partial charge in [-0.15, -0.1) is 11.3 Å². The van der Waals surface area contributed by atoms with E-state index in [1.54, 1.807) is 5.38 Å². The number of rotatable bonds is 5. The maximum Gasteiger partial charge on any atom is 0.326 e. The van der Waals surface area contributed by atoms with E-state index < -0.39 is 12.0 Å². The lowest BCUT2D eigenvalue weighted by molar-refractivity contribution is -0.138. The SMILES string of the molecule is CCOC(C)c1nc(C(N)C(=O)O)cs1. The van der Waals surface area contributed by atoms with Gasteiger partial charge in [-0.05, 0) is 13.8 Å². The number of nitrogens with zero attached hydrogens (tertiary/aromatic N) is 1. The predicted molar refractivity (Wildman–Crippen MR) is 56.7 cm³/mol. The zero-order valence-corrected chi connectivity index (χ0v) is 9.45. The molecule has 0 amide bonds. The van der Waals surface area contributed by atoms with Crippen molar-refractivity contribution < 1.29 is 14.6 Å². The fourth-order valence-corrected chi connectivity index (χ4v) is 1.94. The first kappa shape index (κ1) is 12.1. The van der Waals surface area contributed by atoms with Crippen LogP contribution in [0.15, 0.2) is 5.38 Å². The number of aromatic nitrogens is 1. The minimum atomic E-state index is -1.07. The second-order valence-corrected chi connectivity index (χ2v) is 3.91. The Morgan fingerprint density at radius 1 is 1.80 bits per heavy atom. The topological polar surface area (TPSA) is 85.4 Å². The van der Waals surface area contributed by atoms with E-state index in [0.29, 0.717) is 12.3 Å². The highest BCUT2D eigenvalue weighted by Crippen LogP contribution is 2.23. The van der Waals surface area contributed by atoms with Crippen LogP contribution in [0, 0.1) is 0 Å². The zero-order valence-electron chi connectivity index (χ0n) is 8.64. The van der Waals surface area contributed by atoms with Crippen molar-refractivity contribution in [3.8, 4) is 0 Å². The number of aliphatic carboxylic acids is 1. The molecule has 2 atom stereocenters. The minimum absolute atomic E-state index is 0.116. The molecule has 1 aromatic heterocycles. The molecule has 0 aromatic carbocycles. The van der Waals surface area contributed by atoms with Gasteiger partial charge in [-0.2, -0.15) is 0 Å². The molecular formula is C9H14N2O3S. The van der Waals surface area contributed by atoms with Gasteiger partial charge in [0.05, 0.1) is 5.69 Å². The van der Waals surface area contributed by atoms with E-state index in [1.807, 2.05) is 13.8 Å². The number of ether oxygens (including phenoxy) is 1. The number of hydrogen-bond donors (Lipinski definition) is 2. The molecule has 5 nitrogen and oxygen atoms in total. The number of hydrogen-bond acceptors (Lipinski definition) is 5. The molecule has 0 aliphatic rings. The maximum atomic E-state index is 10.6. The quantitative estimate of drug-likeness (QED) is 0.797. The van der Waals surface area contributed by atoms with Crippen molar-refractivity contribution in [2.75, 3.05) is 6.61 Å². The number of carbonyl (C=O) groups is 1. The Morgan fingerprint density at radius 2 is 2.47 bits per heavy atom. The Bertz CT molecular complexity index is 340. The molecule has 15 heavy (non-hydrogen) atoms. The Hall–Kier alpha value is -0.980. The van der Waals surface area contributed by atoms with Crippen LogP contribution >= 0.6 is 11.3 Å². The molecule has 1 heterocycles. The predicted octanol–water partition coefficient (Wildman–Crippen LogP) is 1.32. The van der Waals surface area contributed by atoms with Crippen LogP contribution in [0.25, 0.3) is 0 Å². The smallest absolute Gasteiger partial charge is 0.326 e. The average Bonchev–Trinajstić information content (AvgIpc) is 2.65. The van der Waals surface area contributed by atoms with Crippen molar-refractivity contribution >= 4 is 17.3 Å². The summed E-state index contributed by atoms with van der Waals surface area (Å²) in [4.78, 5) is 14.8. The second-order valence-electron chi connectivity index (χ2n) is 3.02. The lowest BCUT2D eigenvalue weighted by atomic mass is 10.2. The lowest BCUT2D eigenvalue weighted by Crippen LogP contribution is -2.21. The van der Waals surface area contributed by atoms with E-state index in [-0.39, 0.29) is 6.10 Å². The summed E-state index contributed by atoms with van der Waals surface area (Å²) in [6.07, 6.45) is -0.116. The van der Waals surface area contributed by atoms with Crippen molar-refractivity contribution in [2.45, 2.75) is 26.0 Å². The number of nitrogens with two attached hydrogens (primary N) is 1. The molecule has 6 heteroatoms. The van der Waals surface area contributed by atoms with Crippen LogP contribution in [0.1, 0.15) is 36.7 Å². The van der Waals surface area contributed by atoms with E-state index in [1.165, 1.54) is 11.3 Å². The van der Waals surface area contributed by atoms with Gasteiger partial charge in [0, 0.05) is 12.0 Å². The van der Waals surface area contributed by atoms with Crippen molar-refractivity contribution in [2.24, 2.45) is 5.73 Å². The van der Waals surface area contributed by atoms with E-state index in [0.717, 1.165) is 5.01 Å². The van der Waals surface area contributed by atoms with Crippen molar-refractivity contribution in [3.05, 3.63) is 16.1 Å². The summed E-state index contributed by atoms with van der Waals surface area (Å²) in [5, 5.41) is 11.1. The molecule has 1 rings (SSSR count). The molecule has 0 fully saturated rings. The van der Waals surface area contributed by atoms with Crippen molar-refractivity contribution in [1.29, 1.82) is 0 Å². The third-order valence-electron chi connectivity index (χ3n) is 1.89. The van der Waals surface area contributed by atoms with Gasteiger partial charge in [-0.1, -0.05) is 0 Å². The summed E-state index contributed by atoms with van der Waals surface area (Å²) in [6, 6.07) is -1.05. The Labute approximate surface area is 91.9 Å². The Kier molecular flexibility index (Phi) is 4.19. The highest BCUT2D eigenvalue weighted by Gasteiger charge is 2.19. The summed E-state index contributed by atoms with van der Waals surface area (Å²) < 4.78 is 5.34. The van der Waals surface area contributed by atoms with Gasteiger partial charge in [0.25, 0.3) is 0 Å². The standard InChI is InChI=1S/C9H14N2O3S/c1-3-14-5(2)8-11-6(4-15-8)7(10)9(12)13/h4-5,7H,3,10H2,1-2H3,(H,12,13). The second kappa shape index (κ2) is 5.20. The van der Waals surface area contributed by atoms with Gasteiger partial charge in [-0.3, -0.25) is 4.79 Å². The average molecular weight is 230 g/mol. The largest absolute Gasteiger partial charge is 0.480 e. The van der Waals surface area contributed by atoms with Crippen molar-refractivity contribution in [3.63, 3.8) is 0 Å². The molecule has 3 N–H and O–H groups in total. The highest BCUT2D eigenvalue weighted by molar-refractivity contribution is 7.09. The summed E-state index contributed by atoms with van der Waals surface area (Å²) in [5.41, 5.74) is 5.81.